The maximum atomic E-state index is 12.2. The first-order valence-electron chi connectivity index (χ1n) is 6.29. The molecule has 2 aromatic carbocycles. The number of amides is 1. The van der Waals surface area contributed by atoms with Gasteiger partial charge in [-0.3, -0.25) is 4.79 Å². The summed E-state index contributed by atoms with van der Waals surface area (Å²) in [5, 5.41) is 4.59. The van der Waals surface area contributed by atoms with Crippen LogP contribution in [-0.4, -0.2) is 5.91 Å². The molecule has 0 bridgehead atoms. The molecule has 106 valence electrons. The van der Waals surface area contributed by atoms with Gasteiger partial charge in [0.1, 0.15) is 5.58 Å². The van der Waals surface area contributed by atoms with Gasteiger partial charge in [0.25, 0.3) is 5.91 Å². The second kappa shape index (κ2) is 5.43. The SMILES string of the molecule is Cc1ccc(NC(=O)c2cc3cc(Cl)ccc3o2)c(Cl)c1. The first-order valence-corrected chi connectivity index (χ1v) is 7.05. The lowest BCUT2D eigenvalue weighted by atomic mass is 10.2. The van der Waals surface area contributed by atoms with Crippen molar-refractivity contribution >= 4 is 45.8 Å². The summed E-state index contributed by atoms with van der Waals surface area (Å²) in [6, 6.07) is 12.3. The Morgan fingerprint density at radius 2 is 1.90 bits per heavy atom. The van der Waals surface area contributed by atoms with E-state index < -0.39 is 0 Å². The zero-order valence-electron chi connectivity index (χ0n) is 11.1. The van der Waals surface area contributed by atoms with Crippen molar-refractivity contribution in [3.8, 4) is 0 Å². The van der Waals surface area contributed by atoms with E-state index in [1.165, 1.54) is 0 Å². The van der Waals surface area contributed by atoms with Crippen LogP contribution in [0.15, 0.2) is 46.9 Å². The van der Waals surface area contributed by atoms with Gasteiger partial charge < -0.3 is 9.73 Å². The number of hydrogen-bond acceptors (Lipinski definition) is 2. The van der Waals surface area contributed by atoms with Crippen LogP contribution < -0.4 is 5.32 Å². The van der Waals surface area contributed by atoms with Gasteiger partial charge in [0.2, 0.25) is 0 Å². The van der Waals surface area contributed by atoms with E-state index in [4.69, 9.17) is 27.6 Å². The summed E-state index contributed by atoms with van der Waals surface area (Å²) in [5.74, 6) is -0.142. The molecule has 0 aliphatic heterocycles. The van der Waals surface area contributed by atoms with E-state index >= 15 is 0 Å². The minimum absolute atomic E-state index is 0.212. The lowest BCUT2D eigenvalue weighted by Gasteiger charge is -2.06. The van der Waals surface area contributed by atoms with Crippen LogP contribution in [0, 0.1) is 6.92 Å². The molecule has 0 saturated carbocycles. The molecule has 1 aromatic heterocycles. The lowest BCUT2D eigenvalue weighted by Crippen LogP contribution is -2.11. The number of anilines is 1. The Labute approximate surface area is 131 Å². The number of furan rings is 1. The number of benzene rings is 2. The Morgan fingerprint density at radius 1 is 1.10 bits per heavy atom. The molecule has 3 rings (SSSR count). The van der Waals surface area contributed by atoms with Crippen LogP contribution in [0.3, 0.4) is 0 Å². The average Bonchev–Trinajstić information content (AvgIpc) is 2.85. The zero-order chi connectivity index (χ0) is 15.0. The summed E-state index contributed by atoms with van der Waals surface area (Å²) >= 11 is 12.0. The molecule has 0 unspecified atom stereocenters. The summed E-state index contributed by atoms with van der Waals surface area (Å²) in [6.45, 7) is 1.93. The van der Waals surface area contributed by atoms with Crippen LogP contribution in [0.5, 0.6) is 0 Å². The number of aryl methyl sites for hydroxylation is 1. The van der Waals surface area contributed by atoms with Crippen LogP contribution in [0.1, 0.15) is 16.1 Å². The third-order valence-electron chi connectivity index (χ3n) is 3.07. The quantitative estimate of drug-likeness (QED) is 0.696. The Bertz CT molecular complexity index is 839. The summed E-state index contributed by atoms with van der Waals surface area (Å²) in [7, 11) is 0. The van der Waals surface area contributed by atoms with E-state index in [9.17, 15) is 4.79 Å². The molecule has 1 heterocycles. The molecular formula is C16H11Cl2NO2. The van der Waals surface area contributed by atoms with Gasteiger partial charge in [-0.2, -0.15) is 0 Å². The molecule has 0 fully saturated rings. The molecule has 21 heavy (non-hydrogen) atoms. The monoisotopic (exact) mass is 319 g/mol. The molecule has 0 aliphatic rings. The number of fused-ring (bicyclic) bond motifs is 1. The number of halogens is 2. The Balaban J connectivity index is 1.89. The number of rotatable bonds is 2. The Hall–Kier alpha value is -1.97. The van der Waals surface area contributed by atoms with E-state index in [1.807, 2.05) is 13.0 Å². The third kappa shape index (κ3) is 2.89. The summed E-state index contributed by atoms with van der Waals surface area (Å²) in [5.41, 5.74) is 2.18. The fourth-order valence-corrected chi connectivity index (χ4v) is 2.49. The van der Waals surface area contributed by atoms with Gasteiger partial charge in [0.15, 0.2) is 5.76 Å². The second-order valence-corrected chi connectivity index (χ2v) is 5.57. The van der Waals surface area contributed by atoms with Crippen LogP contribution in [0.25, 0.3) is 11.0 Å². The smallest absolute Gasteiger partial charge is 0.291 e. The fraction of sp³-hybridized carbons (Fsp3) is 0.0625. The maximum absolute atomic E-state index is 12.2. The first kappa shape index (κ1) is 14.0. The van der Waals surface area contributed by atoms with Crippen LogP contribution in [0.2, 0.25) is 10.0 Å². The van der Waals surface area contributed by atoms with Gasteiger partial charge in [0.05, 0.1) is 10.7 Å². The maximum Gasteiger partial charge on any atom is 0.291 e. The summed E-state index contributed by atoms with van der Waals surface area (Å²) in [4.78, 5) is 12.2. The largest absolute Gasteiger partial charge is 0.451 e. The third-order valence-corrected chi connectivity index (χ3v) is 3.62. The highest BCUT2D eigenvalue weighted by molar-refractivity contribution is 6.34. The van der Waals surface area contributed by atoms with Crippen molar-refractivity contribution < 1.29 is 9.21 Å². The summed E-state index contributed by atoms with van der Waals surface area (Å²) < 4.78 is 5.51. The zero-order valence-corrected chi connectivity index (χ0v) is 12.6. The first-order chi connectivity index (χ1) is 10.0. The summed E-state index contributed by atoms with van der Waals surface area (Å²) in [6.07, 6.45) is 0. The van der Waals surface area contributed by atoms with Crippen molar-refractivity contribution in [2.24, 2.45) is 0 Å². The second-order valence-electron chi connectivity index (χ2n) is 4.73. The van der Waals surface area contributed by atoms with Crippen LogP contribution in [-0.2, 0) is 0 Å². The molecule has 3 aromatic rings. The Morgan fingerprint density at radius 3 is 2.67 bits per heavy atom. The minimum Gasteiger partial charge on any atom is -0.451 e. The van der Waals surface area contributed by atoms with Gasteiger partial charge >= 0.3 is 0 Å². The topological polar surface area (TPSA) is 42.2 Å². The molecule has 3 nitrogen and oxygen atoms in total. The normalized spacial score (nSPS) is 10.8. The van der Waals surface area contributed by atoms with Gasteiger partial charge in [-0.15, -0.1) is 0 Å². The molecule has 1 amide bonds. The van der Waals surface area contributed by atoms with E-state index in [-0.39, 0.29) is 11.7 Å². The van der Waals surface area contributed by atoms with Crippen LogP contribution in [0.4, 0.5) is 5.69 Å². The molecule has 0 spiro atoms. The fourth-order valence-electron chi connectivity index (χ4n) is 2.03. The predicted octanol–water partition coefficient (Wildman–Crippen LogP) is 5.30. The van der Waals surface area contributed by atoms with Crippen molar-refractivity contribution in [1.29, 1.82) is 0 Å². The van der Waals surface area contributed by atoms with E-state index in [0.717, 1.165) is 10.9 Å². The van der Waals surface area contributed by atoms with Crippen molar-refractivity contribution in [2.75, 3.05) is 5.32 Å². The molecule has 0 radical (unpaired) electrons. The van der Waals surface area contributed by atoms with Gasteiger partial charge in [0, 0.05) is 10.4 Å². The number of carbonyl (C=O) groups is 1. The van der Waals surface area contributed by atoms with Crippen molar-refractivity contribution in [3.63, 3.8) is 0 Å². The minimum atomic E-state index is -0.354. The molecule has 5 heteroatoms. The van der Waals surface area contributed by atoms with E-state index in [1.54, 1.807) is 36.4 Å². The highest BCUT2D eigenvalue weighted by Crippen LogP contribution is 2.26. The molecule has 1 N–H and O–H groups in total. The van der Waals surface area contributed by atoms with Crippen LogP contribution >= 0.6 is 23.2 Å². The molecule has 0 atom stereocenters. The average molecular weight is 320 g/mol. The van der Waals surface area contributed by atoms with Gasteiger partial charge in [-0.25, -0.2) is 0 Å². The lowest BCUT2D eigenvalue weighted by molar-refractivity contribution is 0.0998. The number of carbonyl (C=O) groups excluding carboxylic acids is 1. The molecular weight excluding hydrogens is 309 g/mol. The highest BCUT2D eigenvalue weighted by atomic mass is 35.5. The molecule has 0 aliphatic carbocycles. The van der Waals surface area contributed by atoms with Crippen molar-refractivity contribution in [2.45, 2.75) is 6.92 Å². The predicted molar refractivity (Wildman–Crippen MR) is 85.4 cm³/mol. The van der Waals surface area contributed by atoms with E-state index in [0.29, 0.717) is 21.3 Å². The number of hydrogen-bond donors (Lipinski definition) is 1. The highest BCUT2D eigenvalue weighted by Gasteiger charge is 2.14. The molecule has 0 saturated heterocycles. The van der Waals surface area contributed by atoms with Crippen molar-refractivity contribution in [3.05, 3.63) is 63.8 Å². The van der Waals surface area contributed by atoms with Gasteiger partial charge in [-0.1, -0.05) is 29.3 Å². The van der Waals surface area contributed by atoms with E-state index in [2.05, 4.69) is 5.32 Å². The van der Waals surface area contributed by atoms with Gasteiger partial charge in [-0.05, 0) is 48.9 Å². The number of nitrogens with one attached hydrogen (secondary N) is 1. The standard InChI is InChI=1S/C16H11Cl2NO2/c1-9-2-4-13(12(18)6-9)19-16(20)15-8-10-7-11(17)3-5-14(10)21-15/h2-8H,1H3,(H,19,20). The van der Waals surface area contributed by atoms with Crippen molar-refractivity contribution in [1.82, 2.24) is 0 Å². The Kier molecular flexibility index (Phi) is 3.62.